The van der Waals surface area contributed by atoms with E-state index in [0.717, 1.165) is 19.5 Å². The van der Waals surface area contributed by atoms with Crippen molar-refractivity contribution in [2.75, 3.05) is 33.2 Å². The molecule has 1 fully saturated rings. The number of aromatic amines is 1. The molecule has 0 spiro atoms. The minimum Gasteiger partial charge on any atom is -0.316 e. The highest BCUT2D eigenvalue weighted by molar-refractivity contribution is 7.89. The summed E-state index contributed by atoms with van der Waals surface area (Å²) < 4.78 is 27.0. The van der Waals surface area contributed by atoms with Gasteiger partial charge in [-0.1, -0.05) is 6.92 Å². The fourth-order valence-corrected chi connectivity index (χ4v) is 4.14. The molecular weight excluding hydrogens is 290 g/mol. The topological polar surface area (TPSA) is 81.3 Å². The largest absolute Gasteiger partial charge is 0.316 e. The Kier molecular flexibility index (Phi) is 5.37. The molecule has 2 rings (SSSR count). The Bertz CT molecular complexity index is 549. The third kappa shape index (κ3) is 3.45. The van der Waals surface area contributed by atoms with Crippen LogP contribution in [0.4, 0.5) is 0 Å². The van der Waals surface area contributed by atoms with Crippen LogP contribution in [0.1, 0.15) is 25.8 Å². The van der Waals surface area contributed by atoms with Crippen LogP contribution in [0, 0.1) is 0 Å². The van der Waals surface area contributed by atoms with Crippen LogP contribution >= 0.6 is 0 Å². The molecule has 1 aliphatic heterocycles. The predicted octanol–water partition coefficient (Wildman–Crippen LogP) is 0.234. The van der Waals surface area contributed by atoms with Gasteiger partial charge in [-0.05, 0) is 20.4 Å². The van der Waals surface area contributed by atoms with Crippen LogP contribution in [0.3, 0.4) is 0 Å². The summed E-state index contributed by atoms with van der Waals surface area (Å²) >= 11 is 0. The van der Waals surface area contributed by atoms with Gasteiger partial charge in [0.1, 0.15) is 0 Å². The lowest BCUT2D eigenvalue weighted by Gasteiger charge is -2.37. The SMILES string of the molecule is CCC(C)N1CCN(S(=O)(=O)c2[nH]ncc2CNC)CC1. The summed E-state index contributed by atoms with van der Waals surface area (Å²) in [6.07, 6.45) is 2.65. The first-order valence-electron chi connectivity index (χ1n) is 7.41. The summed E-state index contributed by atoms with van der Waals surface area (Å²) in [5.41, 5.74) is 0.682. The monoisotopic (exact) mass is 315 g/mol. The predicted molar refractivity (Wildman–Crippen MR) is 81.4 cm³/mol. The standard InChI is InChI=1S/C13H25N5O2S/c1-4-11(2)17-5-7-18(8-6-17)21(19,20)13-12(9-14-3)10-15-16-13/h10-11,14H,4-9H2,1-3H3,(H,15,16). The van der Waals surface area contributed by atoms with Gasteiger partial charge in [0.2, 0.25) is 0 Å². The Balaban J connectivity index is 2.09. The van der Waals surface area contributed by atoms with E-state index in [-0.39, 0.29) is 5.03 Å². The summed E-state index contributed by atoms with van der Waals surface area (Å²) in [4.78, 5) is 2.34. The summed E-state index contributed by atoms with van der Waals surface area (Å²) in [7, 11) is -1.69. The second-order valence-electron chi connectivity index (χ2n) is 5.45. The molecule has 0 radical (unpaired) electrons. The van der Waals surface area contributed by atoms with E-state index < -0.39 is 10.0 Å². The quantitative estimate of drug-likeness (QED) is 0.785. The van der Waals surface area contributed by atoms with Crippen LogP contribution in [0.25, 0.3) is 0 Å². The summed E-state index contributed by atoms with van der Waals surface area (Å²) in [5, 5.41) is 9.70. The fourth-order valence-electron chi connectivity index (χ4n) is 2.61. The van der Waals surface area contributed by atoms with E-state index in [1.807, 2.05) is 0 Å². The first kappa shape index (κ1) is 16.4. The van der Waals surface area contributed by atoms with Crippen molar-refractivity contribution < 1.29 is 8.42 Å². The summed E-state index contributed by atoms with van der Waals surface area (Å²) in [5.74, 6) is 0. The van der Waals surface area contributed by atoms with Crippen molar-refractivity contribution in [2.24, 2.45) is 0 Å². The molecule has 120 valence electrons. The molecule has 1 unspecified atom stereocenters. The summed E-state index contributed by atoms with van der Waals surface area (Å²) in [6, 6.07) is 0.502. The molecule has 1 aromatic heterocycles. The lowest BCUT2D eigenvalue weighted by Crippen LogP contribution is -2.51. The molecule has 0 aromatic carbocycles. The van der Waals surface area contributed by atoms with Gasteiger partial charge in [0.05, 0.1) is 6.20 Å². The van der Waals surface area contributed by atoms with E-state index in [2.05, 4.69) is 34.3 Å². The smallest absolute Gasteiger partial charge is 0.260 e. The van der Waals surface area contributed by atoms with E-state index in [9.17, 15) is 8.42 Å². The first-order chi connectivity index (χ1) is 10.0. The lowest BCUT2D eigenvalue weighted by atomic mass is 10.2. The molecule has 0 amide bonds. The van der Waals surface area contributed by atoms with Crippen LogP contribution in [-0.2, 0) is 16.6 Å². The Morgan fingerprint density at radius 3 is 2.62 bits per heavy atom. The van der Waals surface area contributed by atoms with Gasteiger partial charge in [0.15, 0.2) is 5.03 Å². The van der Waals surface area contributed by atoms with E-state index in [1.165, 1.54) is 0 Å². The number of nitrogens with one attached hydrogen (secondary N) is 2. The van der Waals surface area contributed by atoms with Crippen LogP contribution in [0.2, 0.25) is 0 Å². The Hall–Kier alpha value is -0.960. The van der Waals surface area contributed by atoms with Crippen LogP contribution in [0.5, 0.6) is 0 Å². The molecule has 7 nitrogen and oxygen atoms in total. The molecule has 0 aliphatic carbocycles. The molecule has 1 saturated heterocycles. The highest BCUT2D eigenvalue weighted by Crippen LogP contribution is 2.20. The van der Waals surface area contributed by atoms with E-state index >= 15 is 0 Å². The van der Waals surface area contributed by atoms with Crippen molar-refractivity contribution >= 4 is 10.0 Å². The van der Waals surface area contributed by atoms with Crippen LogP contribution in [-0.4, -0.2) is 67.1 Å². The molecule has 2 N–H and O–H groups in total. The Morgan fingerprint density at radius 2 is 2.05 bits per heavy atom. The number of sulfonamides is 1. The van der Waals surface area contributed by atoms with E-state index in [4.69, 9.17) is 0 Å². The molecule has 21 heavy (non-hydrogen) atoms. The van der Waals surface area contributed by atoms with Gasteiger partial charge in [-0.15, -0.1) is 0 Å². The van der Waals surface area contributed by atoms with E-state index in [1.54, 1.807) is 17.5 Å². The molecule has 1 atom stereocenters. The van der Waals surface area contributed by atoms with Crippen molar-refractivity contribution in [1.29, 1.82) is 0 Å². The van der Waals surface area contributed by atoms with E-state index in [0.29, 0.717) is 31.2 Å². The highest BCUT2D eigenvalue weighted by atomic mass is 32.2. The lowest BCUT2D eigenvalue weighted by molar-refractivity contribution is 0.142. The number of aromatic nitrogens is 2. The third-order valence-electron chi connectivity index (χ3n) is 4.13. The number of hydrogen-bond acceptors (Lipinski definition) is 5. The van der Waals surface area contributed by atoms with Crippen molar-refractivity contribution in [3.63, 3.8) is 0 Å². The van der Waals surface area contributed by atoms with Crippen molar-refractivity contribution in [1.82, 2.24) is 24.7 Å². The second kappa shape index (κ2) is 6.87. The zero-order valence-corrected chi connectivity index (χ0v) is 13.8. The zero-order chi connectivity index (χ0) is 15.5. The Morgan fingerprint density at radius 1 is 1.38 bits per heavy atom. The first-order valence-corrected chi connectivity index (χ1v) is 8.85. The molecule has 0 saturated carbocycles. The van der Waals surface area contributed by atoms with Gasteiger partial charge in [0, 0.05) is 44.3 Å². The third-order valence-corrected chi connectivity index (χ3v) is 6.04. The molecular formula is C13H25N5O2S. The van der Waals surface area contributed by atoms with Gasteiger partial charge in [-0.3, -0.25) is 10.00 Å². The Labute approximate surface area is 126 Å². The van der Waals surface area contributed by atoms with Gasteiger partial charge in [-0.2, -0.15) is 9.40 Å². The number of piperazine rings is 1. The molecule has 8 heteroatoms. The average Bonchev–Trinajstić information content (AvgIpc) is 2.96. The van der Waals surface area contributed by atoms with Crippen molar-refractivity contribution in [3.8, 4) is 0 Å². The highest BCUT2D eigenvalue weighted by Gasteiger charge is 2.32. The average molecular weight is 315 g/mol. The second-order valence-corrected chi connectivity index (χ2v) is 7.33. The molecule has 1 aliphatic rings. The fraction of sp³-hybridized carbons (Fsp3) is 0.769. The molecule has 2 heterocycles. The number of hydrogen-bond donors (Lipinski definition) is 2. The van der Waals surface area contributed by atoms with Gasteiger partial charge < -0.3 is 5.32 Å². The maximum atomic E-state index is 12.7. The zero-order valence-electron chi connectivity index (χ0n) is 13.0. The van der Waals surface area contributed by atoms with Gasteiger partial charge >= 0.3 is 0 Å². The number of nitrogens with zero attached hydrogens (tertiary/aromatic N) is 3. The van der Waals surface area contributed by atoms with Crippen molar-refractivity contribution in [3.05, 3.63) is 11.8 Å². The molecule has 1 aromatic rings. The van der Waals surface area contributed by atoms with Crippen LogP contribution < -0.4 is 5.32 Å². The minimum absolute atomic E-state index is 0.217. The maximum Gasteiger partial charge on any atom is 0.260 e. The van der Waals surface area contributed by atoms with Crippen LogP contribution in [0.15, 0.2) is 11.2 Å². The normalized spacial score (nSPS) is 19.8. The minimum atomic E-state index is -3.48. The molecule has 0 bridgehead atoms. The number of rotatable bonds is 6. The number of H-pyrrole nitrogens is 1. The summed E-state index contributed by atoms with van der Waals surface area (Å²) in [6.45, 7) is 7.45. The van der Waals surface area contributed by atoms with Crippen molar-refractivity contribution in [2.45, 2.75) is 37.9 Å². The van der Waals surface area contributed by atoms with Gasteiger partial charge in [-0.25, -0.2) is 8.42 Å². The van der Waals surface area contributed by atoms with Gasteiger partial charge in [0.25, 0.3) is 10.0 Å². The maximum absolute atomic E-state index is 12.7.